The van der Waals surface area contributed by atoms with Crippen LogP contribution in [0, 0.1) is 0 Å². The van der Waals surface area contributed by atoms with E-state index in [1.807, 2.05) is 24.5 Å². The second kappa shape index (κ2) is 7.49. The molecule has 8 nitrogen and oxygen atoms in total. The van der Waals surface area contributed by atoms with Crippen LogP contribution in [-0.2, 0) is 9.59 Å². The molecule has 2 amide bonds. The topological polar surface area (TPSA) is 100 Å². The summed E-state index contributed by atoms with van der Waals surface area (Å²) in [5.74, 6) is 0.861. The van der Waals surface area contributed by atoms with E-state index >= 15 is 0 Å². The summed E-state index contributed by atoms with van der Waals surface area (Å²) in [7, 11) is 0. The normalized spacial score (nSPS) is 17.6. The number of imide groups is 1. The fourth-order valence-corrected chi connectivity index (χ4v) is 3.80. The average molecular weight is 420 g/mol. The number of thioether (sulfide) groups is 1. The lowest BCUT2D eigenvalue weighted by atomic mass is 10.1. The molecule has 2 aromatic heterocycles. The average Bonchev–Trinajstić information content (AvgIpc) is 3.37. The number of carbonyl (C=O) groups is 2. The van der Waals surface area contributed by atoms with Gasteiger partial charge in [0, 0.05) is 33.8 Å². The van der Waals surface area contributed by atoms with Gasteiger partial charge in [0.25, 0.3) is 5.91 Å². The number of aromatic nitrogens is 3. The second-order valence-corrected chi connectivity index (χ2v) is 8.24. The molecular formula is C21H20N6O2S. The maximum absolute atomic E-state index is 12.0. The molecule has 152 valence electrons. The minimum absolute atomic E-state index is 0.0722. The zero-order valence-electron chi connectivity index (χ0n) is 16.3. The molecule has 1 saturated heterocycles. The Kier molecular flexibility index (Phi) is 4.66. The molecule has 0 atom stereocenters. The second-order valence-electron chi connectivity index (χ2n) is 7.36. The summed E-state index contributed by atoms with van der Waals surface area (Å²) in [5.41, 5.74) is 2.66. The fourth-order valence-electron chi connectivity index (χ4n) is 3.34. The largest absolute Gasteiger partial charge is 0.367 e. The lowest BCUT2D eigenvalue weighted by molar-refractivity contribution is -0.124. The smallest absolute Gasteiger partial charge is 0.254 e. The lowest BCUT2D eigenvalue weighted by Crippen LogP contribution is -2.19. The van der Waals surface area contributed by atoms with Crippen molar-refractivity contribution in [1.82, 2.24) is 19.9 Å². The number of benzene rings is 1. The first-order valence-electron chi connectivity index (χ1n) is 9.70. The van der Waals surface area contributed by atoms with Crippen LogP contribution in [0.15, 0.2) is 47.0 Å². The van der Waals surface area contributed by atoms with Crippen molar-refractivity contribution in [3.63, 3.8) is 0 Å². The zero-order chi connectivity index (χ0) is 20.7. The van der Waals surface area contributed by atoms with E-state index in [0.717, 1.165) is 29.2 Å². The molecule has 0 bridgehead atoms. The Balaban J connectivity index is 1.56. The molecule has 5 rings (SSSR count). The molecule has 0 spiro atoms. The van der Waals surface area contributed by atoms with E-state index < -0.39 is 0 Å². The van der Waals surface area contributed by atoms with Crippen molar-refractivity contribution in [2.24, 2.45) is 0 Å². The minimum atomic E-state index is -0.362. The third kappa shape index (κ3) is 3.76. The lowest BCUT2D eigenvalue weighted by Gasteiger charge is -2.12. The first-order valence-corrected chi connectivity index (χ1v) is 10.9. The summed E-state index contributed by atoms with van der Waals surface area (Å²) in [6.07, 6.45) is 7.72. The summed E-state index contributed by atoms with van der Waals surface area (Å²) in [6.45, 7) is 0. The Hall–Kier alpha value is -3.33. The first-order chi connectivity index (χ1) is 14.6. The Labute approximate surface area is 177 Å². The van der Waals surface area contributed by atoms with Gasteiger partial charge in [0.1, 0.15) is 11.6 Å². The van der Waals surface area contributed by atoms with Crippen LogP contribution in [0.4, 0.5) is 17.3 Å². The maximum Gasteiger partial charge on any atom is 0.254 e. The molecule has 0 unspecified atom stereocenters. The number of nitrogens with one attached hydrogen (secondary N) is 3. The van der Waals surface area contributed by atoms with Crippen molar-refractivity contribution in [2.45, 2.75) is 30.2 Å². The predicted octanol–water partition coefficient (Wildman–Crippen LogP) is 3.20. The quantitative estimate of drug-likeness (QED) is 0.320. The van der Waals surface area contributed by atoms with E-state index in [1.165, 1.54) is 0 Å². The van der Waals surface area contributed by atoms with E-state index in [1.54, 1.807) is 28.6 Å². The van der Waals surface area contributed by atoms with Gasteiger partial charge in [-0.1, -0.05) is 6.07 Å². The van der Waals surface area contributed by atoms with E-state index in [-0.39, 0.29) is 18.2 Å². The monoisotopic (exact) mass is 420 g/mol. The number of nitrogens with zero attached hydrogens (tertiary/aromatic N) is 3. The van der Waals surface area contributed by atoms with Crippen molar-refractivity contribution in [3.8, 4) is 0 Å². The van der Waals surface area contributed by atoms with Gasteiger partial charge in [0.05, 0.1) is 12.6 Å². The Morgan fingerprint density at radius 1 is 1.27 bits per heavy atom. The Bertz CT molecular complexity index is 1200. The molecule has 1 saturated carbocycles. The van der Waals surface area contributed by atoms with Crippen LogP contribution in [0.3, 0.4) is 0 Å². The van der Waals surface area contributed by atoms with Crippen LogP contribution in [0.2, 0.25) is 0 Å². The molecule has 0 radical (unpaired) electrons. The molecule has 3 aromatic rings. The highest BCUT2D eigenvalue weighted by atomic mass is 32.2. The standard InChI is InChI=1S/C21H20N6O2S/c1-30-16-4-2-3-15(9-16)23-17-10-18(24-14-5-6-14)27-20(25-17)13(11-22-27)7-12-8-19(28)26-21(12)29/h2-4,7,9-11,14,24H,5-6,8H2,1H3,(H,23,25)(H,26,28,29)/b12-7+. The number of rotatable bonds is 6. The molecule has 3 N–H and O–H groups in total. The third-order valence-corrected chi connectivity index (χ3v) is 5.72. The number of amides is 2. The van der Waals surface area contributed by atoms with Crippen LogP contribution in [0.25, 0.3) is 11.7 Å². The molecule has 2 fully saturated rings. The number of carbonyl (C=O) groups excluding carboxylic acids is 2. The van der Waals surface area contributed by atoms with Crippen LogP contribution in [0.1, 0.15) is 24.8 Å². The SMILES string of the molecule is CSc1cccc(Nc2cc(NC3CC3)n3ncc(/C=C4\CC(=O)NC4=O)c3n2)c1. The molecule has 2 aliphatic rings. The van der Waals surface area contributed by atoms with Crippen molar-refractivity contribution in [1.29, 1.82) is 0 Å². The predicted molar refractivity (Wildman–Crippen MR) is 117 cm³/mol. The van der Waals surface area contributed by atoms with Crippen molar-refractivity contribution in [3.05, 3.63) is 47.7 Å². The van der Waals surface area contributed by atoms with Gasteiger partial charge in [0.15, 0.2) is 5.65 Å². The Morgan fingerprint density at radius 2 is 2.13 bits per heavy atom. The van der Waals surface area contributed by atoms with Crippen LogP contribution >= 0.6 is 11.8 Å². The van der Waals surface area contributed by atoms with Gasteiger partial charge in [0.2, 0.25) is 5.91 Å². The number of fused-ring (bicyclic) bond motifs is 1. The van der Waals surface area contributed by atoms with Gasteiger partial charge in [-0.2, -0.15) is 9.61 Å². The molecule has 30 heavy (non-hydrogen) atoms. The highest BCUT2D eigenvalue weighted by Gasteiger charge is 2.25. The summed E-state index contributed by atoms with van der Waals surface area (Å²) < 4.78 is 1.74. The van der Waals surface area contributed by atoms with Gasteiger partial charge in [-0.15, -0.1) is 11.8 Å². The van der Waals surface area contributed by atoms with Crippen molar-refractivity contribution < 1.29 is 9.59 Å². The highest BCUT2D eigenvalue weighted by molar-refractivity contribution is 7.98. The molecule has 3 heterocycles. The van der Waals surface area contributed by atoms with Gasteiger partial charge < -0.3 is 10.6 Å². The van der Waals surface area contributed by atoms with Crippen molar-refractivity contribution in [2.75, 3.05) is 16.9 Å². The zero-order valence-corrected chi connectivity index (χ0v) is 17.1. The van der Waals surface area contributed by atoms with E-state index in [2.05, 4.69) is 33.2 Å². The van der Waals surface area contributed by atoms with E-state index in [4.69, 9.17) is 4.98 Å². The Morgan fingerprint density at radius 3 is 2.87 bits per heavy atom. The molecule has 1 aromatic carbocycles. The summed E-state index contributed by atoms with van der Waals surface area (Å²) in [4.78, 5) is 29.4. The van der Waals surface area contributed by atoms with Gasteiger partial charge >= 0.3 is 0 Å². The van der Waals surface area contributed by atoms with Crippen molar-refractivity contribution >= 4 is 52.6 Å². The van der Waals surface area contributed by atoms with Crippen LogP contribution < -0.4 is 16.0 Å². The van der Waals surface area contributed by atoms with E-state index in [9.17, 15) is 9.59 Å². The third-order valence-electron chi connectivity index (χ3n) is 5.00. The number of hydrogen-bond donors (Lipinski definition) is 3. The van der Waals surface area contributed by atoms with E-state index in [0.29, 0.717) is 28.6 Å². The van der Waals surface area contributed by atoms with Crippen LogP contribution in [0.5, 0.6) is 0 Å². The molecule has 9 heteroatoms. The highest BCUT2D eigenvalue weighted by Crippen LogP contribution is 2.29. The maximum atomic E-state index is 12.0. The van der Waals surface area contributed by atoms with Gasteiger partial charge in [-0.3, -0.25) is 14.9 Å². The van der Waals surface area contributed by atoms with Gasteiger partial charge in [-0.25, -0.2) is 4.98 Å². The summed E-state index contributed by atoms with van der Waals surface area (Å²) >= 11 is 1.68. The summed E-state index contributed by atoms with van der Waals surface area (Å²) in [6, 6.07) is 10.5. The van der Waals surface area contributed by atoms with Crippen LogP contribution in [-0.4, -0.2) is 38.7 Å². The van der Waals surface area contributed by atoms with Gasteiger partial charge in [-0.05, 0) is 43.4 Å². The number of hydrogen-bond acceptors (Lipinski definition) is 7. The first kappa shape index (κ1) is 18.7. The number of anilines is 3. The molecular weight excluding hydrogens is 400 g/mol. The fraction of sp³-hybridized carbons (Fsp3) is 0.238. The minimum Gasteiger partial charge on any atom is -0.367 e. The molecule has 1 aliphatic heterocycles. The summed E-state index contributed by atoms with van der Waals surface area (Å²) in [5, 5.41) is 13.6. The molecule has 1 aliphatic carbocycles.